The minimum Gasteiger partial charge on any atom is -0.545 e. The molecule has 1 aliphatic heterocycles. The van der Waals surface area contributed by atoms with Gasteiger partial charge in [-0.2, -0.15) is 0 Å². The SMILES string of the molecule is O=C([O-])c1ccc2c(c1)[C@H]1c3ccccc3C[C@H]1[C@H](c1cccc(Cl)c1)N2. The number of carbonyl (C=O) groups excluding carboxylic acids is 1. The first-order valence-corrected chi connectivity index (χ1v) is 9.45. The molecule has 27 heavy (non-hydrogen) atoms. The number of carbonyl (C=O) groups is 1. The van der Waals surface area contributed by atoms with E-state index in [2.05, 4.69) is 35.6 Å². The first-order valence-electron chi connectivity index (χ1n) is 9.07. The van der Waals surface area contributed by atoms with Gasteiger partial charge in [-0.1, -0.05) is 54.1 Å². The summed E-state index contributed by atoms with van der Waals surface area (Å²) in [5.74, 6) is -0.691. The van der Waals surface area contributed by atoms with Crippen LogP contribution >= 0.6 is 11.6 Å². The second kappa shape index (κ2) is 6.14. The molecule has 0 unspecified atom stereocenters. The highest BCUT2D eigenvalue weighted by atomic mass is 35.5. The van der Waals surface area contributed by atoms with Gasteiger partial charge in [-0.15, -0.1) is 0 Å². The van der Waals surface area contributed by atoms with Crippen LogP contribution in [0.3, 0.4) is 0 Å². The topological polar surface area (TPSA) is 52.2 Å². The number of anilines is 1. The Morgan fingerprint density at radius 3 is 2.67 bits per heavy atom. The molecule has 1 aliphatic carbocycles. The van der Waals surface area contributed by atoms with Crippen LogP contribution in [0.1, 0.15) is 44.6 Å². The van der Waals surface area contributed by atoms with Crippen molar-refractivity contribution in [1.82, 2.24) is 0 Å². The van der Waals surface area contributed by atoms with E-state index in [1.165, 1.54) is 11.1 Å². The van der Waals surface area contributed by atoms with Crippen LogP contribution in [0.2, 0.25) is 5.02 Å². The Hall–Kier alpha value is -2.78. The summed E-state index contributed by atoms with van der Waals surface area (Å²) >= 11 is 6.25. The number of nitrogens with one attached hydrogen (secondary N) is 1. The van der Waals surface area contributed by atoms with E-state index in [9.17, 15) is 9.90 Å². The largest absolute Gasteiger partial charge is 0.545 e. The zero-order valence-corrected chi connectivity index (χ0v) is 15.2. The fourth-order valence-corrected chi connectivity index (χ4v) is 4.92. The smallest absolute Gasteiger partial charge is 0.0715 e. The zero-order chi connectivity index (χ0) is 18.5. The number of carboxylic acid groups (broad SMARTS) is 1. The second-order valence-electron chi connectivity index (χ2n) is 7.31. The lowest BCUT2D eigenvalue weighted by Gasteiger charge is -2.38. The number of aromatic carboxylic acids is 1. The molecule has 4 heteroatoms. The second-order valence-corrected chi connectivity index (χ2v) is 7.75. The van der Waals surface area contributed by atoms with Crippen molar-refractivity contribution in [2.45, 2.75) is 18.4 Å². The Bertz CT molecular complexity index is 1060. The fraction of sp³-hybridized carbons (Fsp3) is 0.174. The van der Waals surface area contributed by atoms with Gasteiger partial charge in [-0.05, 0) is 64.4 Å². The molecule has 0 saturated heterocycles. The van der Waals surface area contributed by atoms with E-state index in [1.54, 1.807) is 12.1 Å². The van der Waals surface area contributed by atoms with E-state index >= 15 is 0 Å². The number of fused-ring (bicyclic) bond motifs is 5. The molecule has 0 saturated carbocycles. The highest BCUT2D eigenvalue weighted by Gasteiger charge is 2.43. The molecule has 3 aromatic carbocycles. The van der Waals surface area contributed by atoms with Gasteiger partial charge < -0.3 is 15.2 Å². The molecule has 3 aromatic rings. The molecule has 0 amide bonds. The molecule has 0 aromatic heterocycles. The molecule has 3 atom stereocenters. The van der Waals surface area contributed by atoms with Crippen molar-refractivity contribution in [3.63, 3.8) is 0 Å². The lowest BCUT2D eigenvalue weighted by Crippen LogP contribution is -2.31. The summed E-state index contributed by atoms with van der Waals surface area (Å²) in [7, 11) is 0. The van der Waals surface area contributed by atoms with Crippen molar-refractivity contribution in [3.8, 4) is 0 Å². The summed E-state index contributed by atoms with van der Waals surface area (Å²) in [6.45, 7) is 0. The first-order chi connectivity index (χ1) is 13.1. The number of hydrogen-bond donors (Lipinski definition) is 1. The molecule has 0 fully saturated rings. The van der Waals surface area contributed by atoms with E-state index in [0.717, 1.165) is 28.3 Å². The molecule has 2 aliphatic rings. The van der Waals surface area contributed by atoms with Crippen molar-refractivity contribution in [2.24, 2.45) is 5.92 Å². The molecule has 1 N–H and O–H groups in total. The lowest BCUT2D eigenvalue weighted by atomic mass is 9.75. The van der Waals surface area contributed by atoms with Crippen LogP contribution in [-0.4, -0.2) is 5.97 Å². The van der Waals surface area contributed by atoms with E-state index in [0.29, 0.717) is 5.92 Å². The molecular formula is C23H17ClNO2-. The minimum absolute atomic E-state index is 0.113. The van der Waals surface area contributed by atoms with Gasteiger partial charge in [0.25, 0.3) is 0 Å². The summed E-state index contributed by atoms with van der Waals surface area (Å²) < 4.78 is 0. The first kappa shape index (κ1) is 16.4. The molecule has 5 rings (SSSR count). The van der Waals surface area contributed by atoms with Crippen LogP contribution in [-0.2, 0) is 6.42 Å². The Balaban J connectivity index is 1.69. The molecule has 0 radical (unpaired) electrons. The van der Waals surface area contributed by atoms with Gasteiger partial charge >= 0.3 is 0 Å². The molecule has 1 heterocycles. The summed E-state index contributed by atoms with van der Waals surface area (Å²) in [6, 6.07) is 21.8. The summed E-state index contributed by atoms with van der Waals surface area (Å²) in [5.41, 5.74) is 5.99. The van der Waals surface area contributed by atoms with Gasteiger partial charge in [0.2, 0.25) is 0 Å². The van der Waals surface area contributed by atoms with Gasteiger partial charge in [-0.3, -0.25) is 0 Å². The third-order valence-electron chi connectivity index (χ3n) is 5.84. The summed E-state index contributed by atoms with van der Waals surface area (Å²) in [5, 5.41) is 15.8. The molecular weight excluding hydrogens is 358 g/mol. The van der Waals surface area contributed by atoms with Gasteiger partial charge in [-0.25, -0.2) is 0 Å². The number of rotatable bonds is 2. The van der Waals surface area contributed by atoms with E-state index in [1.807, 2.05) is 24.3 Å². The maximum atomic E-state index is 11.4. The Morgan fingerprint density at radius 2 is 1.85 bits per heavy atom. The standard InChI is InChI=1S/C23H18ClNO2/c24-16-6-3-5-14(10-16)22-19-11-13-4-1-2-7-17(13)21(19)18-12-15(23(26)27)8-9-20(18)25-22/h1-10,12,19,21-22,25H,11H2,(H,26,27)/p-1/t19-,21-,22+/m1/s1. The molecule has 3 nitrogen and oxygen atoms in total. The minimum atomic E-state index is -1.14. The van der Waals surface area contributed by atoms with Crippen LogP contribution in [0.15, 0.2) is 66.7 Å². The van der Waals surface area contributed by atoms with Crippen molar-refractivity contribution < 1.29 is 9.90 Å². The maximum absolute atomic E-state index is 11.4. The monoisotopic (exact) mass is 374 g/mol. The van der Waals surface area contributed by atoms with Gasteiger partial charge in [0.05, 0.1) is 12.0 Å². The normalized spacial score (nSPS) is 22.3. The van der Waals surface area contributed by atoms with Gasteiger partial charge in [0.15, 0.2) is 0 Å². The van der Waals surface area contributed by atoms with E-state index in [4.69, 9.17) is 11.6 Å². The Kier molecular flexibility index (Phi) is 3.73. The van der Waals surface area contributed by atoms with Crippen LogP contribution < -0.4 is 10.4 Å². The number of benzene rings is 3. The number of halogens is 1. The van der Waals surface area contributed by atoms with E-state index in [-0.39, 0.29) is 17.5 Å². The lowest BCUT2D eigenvalue weighted by molar-refractivity contribution is -0.255. The van der Waals surface area contributed by atoms with Crippen LogP contribution in [0.4, 0.5) is 5.69 Å². The van der Waals surface area contributed by atoms with Gasteiger partial charge in [0.1, 0.15) is 0 Å². The molecule has 0 bridgehead atoms. The quantitative estimate of drug-likeness (QED) is 0.732. The van der Waals surface area contributed by atoms with Crippen molar-refractivity contribution in [2.75, 3.05) is 5.32 Å². The predicted molar refractivity (Wildman–Crippen MR) is 104 cm³/mol. The molecule has 0 spiro atoms. The summed E-state index contributed by atoms with van der Waals surface area (Å²) in [4.78, 5) is 11.4. The zero-order valence-electron chi connectivity index (χ0n) is 14.5. The highest BCUT2D eigenvalue weighted by molar-refractivity contribution is 6.30. The average molecular weight is 375 g/mol. The highest BCUT2D eigenvalue weighted by Crippen LogP contribution is 2.53. The summed E-state index contributed by atoms with van der Waals surface area (Å²) in [6.07, 6.45) is 0.944. The van der Waals surface area contributed by atoms with Crippen LogP contribution in [0.5, 0.6) is 0 Å². The third-order valence-corrected chi connectivity index (χ3v) is 6.08. The third kappa shape index (κ3) is 2.62. The van der Waals surface area contributed by atoms with Gasteiger partial charge in [0, 0.05) is 16.6 Å². The predicted octanol–water partition coefficient (Wildman–Crippen LogP) is 4.17. The Labute approximate surface area is 162 Å². The number of carboxylic acids is 1. The van der Waals surface area contributed by atoms with Crippen molar-refractivity contribution >= 4 is 23.3 Å². The Morgan fingerprint density at radius 1 is 1.00 bits per heavy atom. The maximum Gasteiger partial charge on any atom is 0.0715 e. The van der Waals surface area contributed by atoms with Crippen molar-refractivity contribution in [3.05, 3.63) is 99.6 Å². The van der Waals surface area contributed by atoms with E-state index < -0.39 is 5.97 Å². The fourth-order valence-electron chi connectivity index (χ4n) is 4.72. The van der Waals surface area contributed by atoms with Crippen molar-refractivity contribution in [1.29, 1.82) is 0 Å². The van der Waals surface area contributed by atoms with Crippen LogP contribution in [0, 0.1) is 5.92 Å². The average Bonchev–Trinajstić information content (AvgIpc) is 3.06. The van der Waals surface area contributed by atoms with Crippen LogP contribution in [0.25, 0.3) is 0 Å². The number of hydrogen-bond acceptors (Lipinski definition) is 3. The molecule has 134 valence electrons.